The number of hydrogen-bond donors (Lipinski definition) is 1. The second kappa shape index (κ2) is 7.22. The van der Waals surface area contributed by atoms with E-state index in [0.717, 1.165) is 25.9 Å². The van der Waals surface area contributed by atoms with Gasteiger partial charge in [-0.15, -0.1) is 0 Å². The third-order valence-corrected chi connectivity index (χ3v) is 5.71. The summed E-state index contributed by atoms with van der Waals surface area (Å²) in [4.78, 5) is 33.2. The number of amides is 2. The van der Waals surface area contributed by atoms with Gasteiger partial charge in [-0.25, -0.2) is 9.37 Å². The number of aromatic nitrogens is 1. The lowest BCUT2D eigenvalue weighted by Crippen LogP contribution is -2.64. The number of nitrogens with two attached hydrogens (primary N) is 1. The number of nitrogens with zero attached hydrogens (tertiary/aromatic N) is 3. The van der Waals surface area contributed by atoms with Gasteiger partial charge < -0.3 is 15.5 Å². The molecule has 28 heavy (non-hydrogen) atoms. The molecule has 0 unspecified atom stereocenters. The van der Waals surface area contributed by atoms with Gasteiger partial charge in [-0.05, 0) is 43.0 Å². The molecule has 2 saturated heterocycles. The Morgan fingerprint density at radius 2 is 1.82 bits per heavy atom. The van der Waals surface area contributed by atoms with Crippen LogP contribution in [0.1, 0.15) is 28.8 Å². The number of pyridine rings is 1. The summed E-state index contributed by atoms with van der Waals surface area (Å²) in [5, 5.41) is 0. The van der Waals surface area contributed by atoms with Crippen LogP contribution < -0.4 is 10.6 Å². The summed E-state index contributed by atoms with van der Waals surface area (Å²) in [7, 11) is 0. The van der Waals surface area contributed by atoms with Gasteiger partial charge in [0.15, 0.2) is 0 Å². The van der Waals surface area contributed by atoms with Crippen molar-refractivity contribution < 1.29 is 14.0 Å². The summed E-state index contributed by atoms with van der Waals surface area (Å²) in [6.45, 7) is 2.14. The summed E-state index contributed by atoms with van der Waals surface area (Å²) < 4.78 is 14.1. The van der Waals surface area contributed by atoms with Crippen LogP contribution in [0.4, 0.5) is 10.2 Å². The van der Waals surface area contributed by atoms with Gasteiger partial charge in [-0.3, -0.25) is 9.59 Å². The van der Waals surface area contributed by atoms with E-state index < -0.39 is 11.3 Å². The van der Waals surface area contributed by atoms with E-state index in [1.54, 1.807) is 36.5 Å². The Morgan fingerprint density at radius 3 is 2.50 bits per heavy atom. The van der Waals surface area contributed by atoms with Crippen molar-refractivity contribution in [2.24, 2.45) is 11.1 Å². The first-order valence-corrected chi connectivity index (χ1v) is 9.53. The molecular weight excluding hydrogens is 359 g/mol. The van der Waals surface area contributed by atoms with E-state index in [9.17, 15) is 14.0 Å². The normalized spacial score (nSPS) is 18.0. The van der Waals surface area contributed by atoms with Gasteiger partial charge >= 0.3 is 0 Å². The molecular formula is C21H23FN4O2. The van der Waals surface area contributed by atoms with E-state index in [-0.39, 0.29) is 18.1 Å². The fourth-order valence-corrected chi connectivity index (χ4v) is 4.10. The van der Waals surface area contributed by atoms with Crippen molar-refractivity contribution >= 4 is 17.6 Å². The summed E-state index contributed by atoms with van der Waals surface area (Å²) in [6, 6.07) is 9.93. The Balaban J connectivity index is 1.56. The predicted molar refractivity (Wildman–Crippen MR) is 103 cm³/mol. The molecule has 2 aliphatic heterocycles. The molecule has 1 aromatic carbocycles. The van der Waals surface area contributed by atoms with Gasteiger partial charge in [-0.2, -0.15) is 0 Å². The average molecular weight is 382 g/mol. The number of primary amides is 1. The summed E-state index contributed by atoms with van der Waals surface area (Å²) >= 11 is 0. The number of hydrogen-bond acceptors (Lipinski definition) is 4. The highest BCUT2D eigenvalue weighted by Gasteiger charge is 2.49. The number of benzene rings is 1. The third-order valence-electron chi connectivity index (χ3n) is 5.71. The number of halogens is 1. The Kier molecular flexibility index (Phi) is 4.75. The standard InChI is InChI=1S/C21H23FN4O2/c22-17-8-2-1-6-15(17)12-21(20(23)28)13-26(14-21)18-16(7-5-9-24-18)19(27)25-10-3-4-11-25/h1-2,5-9H,3-4,10-14H2,(H2,23,28). The van der Waals surface area contributed by atoms with Crippen LogP contribution in [0.2, 0.25) is 0 Å². The van der Waals surface area contributed by atoms with Crippen molar-refractivity contribution in [1.82, 2.24) is 9.88 Å². The van der Waals surface area contributed by atoms with Gasteiger partial charge in [0.25, 0.3) is 5.91 Å². The first-order valence-electron chi connectivity index (χ1n) is 9.53. The molecule has 4 rings (SSSR count). The molecule has 2 N–H and O–H groups in total. The molecule has 6 nitrogen and oxygen atoms in total. The number of carbonyl (C=O) groups excluding carboxylic acids is 2. The smallest absolute Gasteiger partial charge is 0.257 e. The second-order valence-electron chi connectivity index (χ2n) is 7.64. The Morgan fingerprint density at radius 1 is 1.11 bits per heavy atom. The van der Waals surface area contributed by atoms with Crippen molar-refractivity contribution in [2.45, 2.75) is 19.3 Å². The molecule has 0 bridgehead atoms. The molecule has 0 saturated carbocycles. The second-order valence-corrected chi connectivity index (χ2v) is 7.64. The number of rotatable bonds is 5. The van der Waals surface area contributed by atoms with Gasteiger partial charge in [0, 0.05) is 32.4 Å². The molecule has 0 atom stereocenters. The topological polar surface area (TPSA) is 79.5 Å². The monoisotopic (exact) mass is 382 g/mol. The minimum atomic E-state index is -0.867. The largest absolute Gasteiger partial charge is 0.369 e. The maximum absolute atomic E-state index is 14.1. The minimum Gasteiger partial charge on any atom is -0.369 e. The quantitative estimate of drug-likeness (QED) is 0.858. The average Bonchev–Trinajstić information content (AvgIpc) is 3.20. The molecule has 0 spiro atoms. The molecule has 0 aliphatic carbocycles. The maximum atomic E-state index is 14.1. The van der Waals surface area contributed by atoms with E-state index in [2.05, 4.69) is 4.98 Å². The van der Waals surface area contributed by atoms with Crippen LogP contribution in [0.5, 0.6) is 0 Å². The Hall–Kier alpha value is -2.96. The van der Waals surface area contributed by atoms with Gasteiger partial charge in [0.05, 0.1) is 11.0 Å². The highest BCUT2D eigenvalue weighted by Crippen LogP contribution is 2.38. The number of carbonyl (C=O) groups is 2. The summed E-state index contributed by atoms with van der Waals surface area (Å²) in [5.74, 6) is -0.282. The molecule has 2 amide bonds. The highest BCUT2D eigenvalue weighted by molar-refractivity contribution is 5.99. The number of anilines is 1. The zero-order valence-electron chi connectivity index (χ0n) is 15.6. The zero-order chi connectivity index (χ0) is 19.7. The number of likely N-dealkylation sites (tertiary alicyclic amines) is 1. The Labute approximate surface area is 163 Å². The predicted octanol–water partition coefficient (Wildman–Crippen LogP) is 1.99. The molecule has 146 valence electrons. The first kappa shape index (κ1) is 18.4. The lowest BCUT2D eigenvalue weighted by molar-refractivity contribution is -0.129. The van der Waals surface area contributed by atoms with Crippen molar-refractivity contribution in [3.05, 3.63) is 59.5 Å². The molecule has 0 radical (unpaired) electrons. The van der Waals surface area contributed by atoms with Crippen molar-refractivity contribution in [3.8, 4) is 0 Å². The molecule has 2 aromatic rings. The van der Waals surface area contributed by atoms with E-state index in [1.807, 2.05) is 9.80 Å². The van der Waals surface area contributed by atoms with E-state index in [0.29, 0.717) is 30.0 Å². The SMILES string of the molecule is NC(=O)C1(Cc2ccccc2F)CN(c2ncccc2C(=O)N2CCCC2)C1. The fourth-order valence-electron chi connectivity index (χ4n) is 4.10. The summed E-state index contributed by atoms with van der Waals surface area (Å²) in [5.41, 5.74) is 5.82. The molecule has 2 fully saturated rings. The van der Waals surface area contributed by atoms with Gasteiger partial charge in [0.1, 0.15) is 11.6 Å². The maximum Gasteiger partial charge on any atom is 0.257 e. The molecule has 7 heteroatoms. The van der Waals surface area contributed by atoms with Gasteiger partial charge in [0.2, 0.25) is 5.91 Å². The minimum absolute atomic E-state index is 0.0359. The van der Waals surface area contributed by atoms with Crippen LogP contribution in [0.15, 0.2) is 42.6 Å². The van der Waals surface area contributed by atoms with Crippen molar-refractivity contribution in [3.63, 3.8) is 0 Å². The van der Waals surface area contributed by atoms with Crippen LogP contribution in [-0.2, 0) is 11.2 Å². The van der Waals surface area contributed by atoms with Crippen LogP contribution >= 0.6 is 0 Å². The van der Waals surface area contributed by atoms with Crippen molar-refractivity contribution in [1.29, 1.82) is 0 Å². The highest BCUT2D eigenvalue weighted by atomic mass is 19.1. The van der Waals surface area contributed by atoms with E-state index in [4.69, 9.17) is 5.73 Å². The molecule has 1 aromatic heterocycles. The van der Waals surface area contributed by atoms with E-state index >= 15 is 0 Å². The molecule has 2 aliphatic rings. The van der Waals surface area contributed by atoms with Gasteiger partial charge in [-0.1, -0.05) is 18.2 Å². The van der Waals surface area contributed by atoms with Crippen LogP contribution in [0, 0.1) is 11.2 Å². The zero-order valence-corrected chi connectivity index (χ0v) is 15.6. The summed E-state index contributed by atoms with van der Waals surface area (Å²) in [6.07, 6.45) is 3.89. The van der Waals surface area contributed by atoms with Crippen LogP contribution in [-0.4, -0.2) is 47.9 Å². The van der Waals surface area contributed by atoms with Crippen LogP contribution in [0.25, 0.3) is 0 Å². The third kappa shape index (κ3) is 3.21. The Bertz CT molecular complexity index is 905. The lowest BCUT2D eigenvalue weighted by atomic mass is 9.73. The van der Waals surface area contributed by atoms with E-state index in [1.165, 1.54) is 6.07 Å². The van der Waals surface area contributed by atoms with Crippen molar-refractivity contribution in [2.75, 3.05) is 31.1 Å². The lowest BCUT2D eigenvalue weighted by Gasteiger charge is -2.49. The fraction of sp³-hybridized carbons (Fsp3) is 0.381. The first-order chi connectivity index (χ1) is 13.5. The van der Waals surface area contributed by atoms with Crippen LogP contribution in [0.3, 0.4) is 0 Å². The molecule has 3 heterocycles.